The second-order valence-electron chi connectivity index (χ2n) is 7.31. The van der Waals surface area contributed by atoms with Crippen LogP contribution in [-0.4, -0.2) is 40.3 Å². The molecule has 144 valence electrons. The van der Waals surface area contributed by atoms with Gasteiger partial charge in [0, 0.05) is 19.3 Å². The molecule has 28 heavy (non-hydrogen) atoms. The maximum atomic E-state index is 12.5. The highest BCUT2D eigenvalue weighted by Gasteiger charge is 2.25. The topological polar surface area (TPSA) is 47.4 Å². The van der Waals surface area contributed by atoms with Crippen LogP contribution in [0.5, 0.6) is 5.75 Å². The van der Waals surface area contributed by atoms with Crippen molar-refractivity contribution in [2.24, 2.45) is 0 Å². The zero-order valence-electron chi connectivity index (χ0n) is 16.1. The van der Waals surface area contributed by atoms with Gasteiger partial charge in [-0.3, -0.25) is 4.79 Å². The lowest BCUT2D eigenvalue weighted by molar-refractivity contribution is -0.134. The average molecular weight is 375 g/mol. The molecular formula is C23H25N3O2. The van der Waals surface area contributed by atoms with Gasteiger partial charge in [-0.25, -0.2) is 4.68 Å². The Morgan fingerprint density at radius 3 is 2.64 bits per heavy atom. The lowest BCUT2D eigenvalue weighted by Crippen LogP contribution is -2.40. The van der Waals surface area contributed by atoms with E-state index in [-0.39, 0.29) is 12.5 Å². The molecule has 0 saturated carbocycles. The maximum absolute atomic E-state index is 12.5. The fraction of sp³-hybridized carbons (Fsp3) is 0.304. The van der Waals surface area contributed by atoms with Crippen molar-refractivity contribution in [1.82, 2.24) is 14.7 Å². The van der Waals surface area contributed by atoms with E-state index in [1.165, 1.54) is 5.56 Å². The van der Waals surface area contributed by atoms with Crippen LogP contribution in [-0.2, 0) is 4.79 Å². The van der Waals surface area contributed by atoms with Gasteiger partial charge in [0.15, 0.2) is 6.61 Å². The van der Waals surface area contributed by atoms with Gasteiger partial charge < -0.3 is 9.64 Å². The lowest BCUT2D eigenvalue weighted by atomic mass is 9.91. The van der Waals surface area contributed by atoms with Crippen molar-refractivity contribution >= 4 is 5.91 Å². The number of carbonyl (C=O) groups is 1. The number of carbonyl (C=O) groups excluding carboxylic acids is 1. The smallest absolute Gasteiger partial charge is 0.260 e. The number of amides is 1. The highest BCUT2D eigenvalue weighted by molar-refractivity contribution is 5.77. The first-order valence-electron chi connectivity index (χ1n) is 9.76. The van der Waals surface area contributed by atoms with E-state index in [0.29, 0.717) is 5.92 Å². The van der Waals surface area contributed by atoms with Gasteiger partial charge in [-0.05, 0) is 61.1 Å². The molecule has 1 fully saturated rings. The Kier molecular flexibility index (Phi) is 5.42. The van der Waals surface area contributed by atoms with Crippen molar-refractivity contribution in [1.29, 1.82) is 0 Å². The second-order valence-corrected chi connectivity index (χ2v) is 7.31. The van der Waals surface area contributed by atoms with E-state index in [2.05, 4.69) is 11.3 Å². The first-order valence-corrected chi connectivity index (χ1v) is 9.76. The number of hydrogen-bond donors (Lipinski definition) is 0. The molecule has 5 nitrogen and oxygen atoms in total. The Morgan fingerprint density at radius 1 is 1.11 bits per heavy atom. The molecule has 1 aliphatic heterocycles. The normalized spacial score (nSPS) is 14.8. The molecule has 0 N–H and O–H groups in total. The molecule has 2 heterocycles. The third kappa shape index (κ3) is 4.25. The molecule has 1 aliphatic rings. The van der Waals surface area contributed by atoms with Crippen molar-refractivity contribution in [2.45, 2.75) is 25.7 Å². The highest BCUT2D eigenvalue weighted by atomic mass is 16.5. The van der Waals surface area contributed by atoms with Gasteiger partial charge in [0.05, 0.1) is 11.9 Å². The van der Waals surface area contributed by atoms with E-state index in [4.69, 9.17) is 4.74 Å². The first kappa shape index (κ1) is 18.3. The molecule has 0 radical (unpaired) electrons. The number of para-hydroxylation sites is 1. The number of benzene rings is 2. The van der Waals surface area contributed by atoms with Gasteiger partial charge in [0.1, 0.15) is 5.75 Å². The van der Waals surface area contributed by atoms with Gasteiger partial charge in [-0.2, -0.15) is 5.10 Å². The van der Waals surface area contributed by atoms with Gasteiger partial charge in [0.25, 0.3) is 5.91 Å². The summed E-state index contributed by atoms with van der Waals surface area (Å²) in [5, 5.41) is 4.50. The Morgan fingerprint density at radius 2 is 1.89 bits per heavy atom. The number of piperidine rings is 1. The third-order valence-electron chi connectivity index (χ3n) is 5.29. The van der Waals surface area contributed by atoms with Crippen molar-refractivity contribution in [3.8, 4) is 11.4 Å². The van der Waals surface area contributed by atoms with E-state index in [9.17, 15) is 4.79 Å². The summed E-state index contributed by atoms with van der Waals surface area (Å²) in [6.45, 7) is 3.63. The minimum atomic E-state index is 0.0555. The zero-order chi connectivity index (χ0) is 19.3. The summed E-state index contributed by atoms with van der Waals surface area (Å²) in [5.74, 6) is 1.25. The molecule has 4 rings (SSSR count). The predicted octanol–water partition coefficient (Wildman–Crippen LogP) is 3.97. The molecule has 0 unspecified atom stereocenters. The van der Waals surface area contributed by atoms with Gasteiger partial charge >= 0.3 is 0 Å². The summed E-state index contributed by atoms with van der Waals surface area (Å²) in [7, 11) is 0. The molecule has 3 aromatic rings. The Labute approximate surface area is 165 Å². The van der Waals surface area contributed by atoms with E-state index in [1.54, 1.807) is 0 Å². The molecule has 0 bridgehead atoms. The lowest BCUT2D eigenvalue weighted by Gasteiger charge is -2.31. The monoisotopic (exact) mass is 375 g/mol. The molecule has 1 aromatic heterocycles. The van der Waals surface area contributed by atoms with Crippen LogP contribution in [0, 0.1) is 6.92 Å². The minimum Gasteiger partial charge on any atom is -0.484 e. The standard InChI is InChI=1S/C23H25N3O2/c1-18-6-5-9-22(14-18)28-17-23(27)25-12-10-19(11-13-25)20-15-24-26(16-20)21-7-3-2-4-8-21/h2-9,14-16,19H,10-13,17H2,1H3. The molecule has 0 spiro atoms. The number of rotatable bonds is 5. The summed E-state index contributed by atoms with van der Waals surface area (Å²) in [6.07, 6.45) is 5.97. The van der Waals surface area contributed by atoms with Crippen molar-refractivity contribution < 1.29 is 9.53 Å². The van der Waals surface area contributed by atoms with E-state index < -0.39 is 0 Å². The highest BCUT2D eigenvalue weighted by Crippen LogP contribution is 2.28. The molecule has 1 saturated heterocycles. The largest absolute Gasteiger partial charge is 0.484 e. The van der Waals surface area contributed by atoms with Crippen LogP contribution in [0.3, 0.4) is 0 Å². The number of aromatic nitrogens is 2. The maximum Gasteiger partial charge on any atom is 0.260 e. The number of nitrogens with zero attached hydrogens (tertiary/aromatic N) is 3. The Hall–Kier alpha value is -3.08. The van der Waals surface area contributed by atoms with Crippen LogP contribution in [0.4, 0.5) is 0 Å². The van der Waals surface area contributed by atoms with E-state index >= 15 is 0 Å². The van der Waals surface area contributed by atoms with Gasteiger partial charge in [-0.15, -0.1) is 0 Å². The Balaban J connectivity index is 1.30. The SMILES string of the molecule is Cc1cccc(OCC(=O)N2CCC(c3cnn(-c4ccccc4)c3)CC2)c1. The minimum absolute atomic E-state index is 0.0555. The van der Waals surface area contributed by atoms with Gasteiger partial charge in [-0.1, -0.05) is 30.3 Å². The summed E-state index contributed by atoms with van der Waals surface area (Å²) in [4.78, 5) is 14.4. The summed E-state index contributed by atoms with van der Waals surface area (Å²) >= 11 is 0. The number of likely N-dealkylation sites (tertiary alicyclic amines) is 1. The summed E-state index contributed by atoms with van der Waals surface area (Å²) < 4.78 is 7.58. The number of hydrogen-bond acceptors (Lipinski definition) is 3. The number of ether oxygens (including phenoxy) is 1. The predicted molar refractivity (Wildman–Crippen MR) is 109 cm³/mol. The average Bonchev–Trinajstić information content (AvgIpc) is 3.23. The van der Waals surface area contributed by atoms with Crippen LogP contribution >= 0.6 is 0 Å². The summed E-state index contributed by atoms with van der Waals surface area (Å²) in [5.41, 5.74) is 3.43. The fourth-order valence-corrected chi connectivity index (χ4v) is 3.67. The van der Waals surface area contributed by atoms with Gasteiger partial charge in [0.2, 0.25) is 0 Å². The van der Waals surface area contributed by atoms with Crippen LogP contribution in [0.15, 0.2) is 67.0 Å². The zero-order valence-corrected chi connectivity index (χ0v) is 16.1. The van der Waals surface area contributed by atoms with Crippen molar-refractivity contribution in [3.63, 3.8) is 0 Å². The Bertz CT molecular complexity index is 928. The quantitative estimate of drug-likeness (QED) is 0.678. The molecular weight excluding hydrogens is 350 g/mol. The molecule has 0 atom stereocenters. The van der Waals surface area contributed by atoms with Crippen LogP contribution < -0.4 is 4.74 Å². The van der Waals surface area contributed by atoms with E-state index in [0.717, 1.165) is 42.9 Å². The van der Waals surface area contributed by atoms with Crippen LogP contribution in [0.1, 0.15) is 29.9 Å². The molecule has 1 amide bonds. The molecule has 2 aromatic carbocycles. The molecule has 5 heteroatoms. The van der Waals surface area contributed by atoms with Crippen molar-refractivity contribution in [3.05, 3.63) is 78.1 Å². The fourth-order valence-electron chi connectivity index (χ4n) is 3.67. The van der Waals surface area contributed by atoms with Crippen LogP contribution in [0.25, 0.3) is 5.69 Å². The van der Waals surface area contributed by atoms with Crippen molar-refractivity contribution in [2.75, 3.05) is 19.7 Å². The molecule has 0 aliphatic carbocycles. The summed E-state index contributed by atoms with van der Waals surface area (Å²) in [6, 6.07) is 17.9. The number of aryl methyl sites for hydroxylation is 1. The second kappa shape index (κ2) is 8.30. The van der Waals surface area contributed by atoms with Crippen LogP contribution in [0.2, 0.25) is 0 Å². The third-order valence-corrected chi connectivity index (χ3v) is 5.29. The first-order chi connectivity index (χ1) is 13.7. The van der Waals surface area contributed by atoms with E-state index in [1.807, 2.05) is 77.3 Å².